The standard InChI is InChI=1S/C22H23N3O3S/c1-13-15(10-11-27-13)20-23-24-21(28-20)29-14(2)18(26)12-19-22(3,4)16-8-6-7-9-17(16)25(19)5/h6-12,14H,1-5H3. The molecule has 0 spiro atoms. The number of allylic oxidation sites excluding steroid dienone is 2. The highest BCUT2D eigenvalue weighted by Gasteiger charge is 2.38. The average molecular weight is 410 g/mol. The van der Waals surface area contributed by atoms with E-state index >= 15 is 0 Å². The van der Waals surface area contributed by atoms with Crippen LogP contribution in [0.1, 0.15) is 32.1 Å². The first kappa shape index (κ1) is 19.5. The second-order valence-electron chi connectivity index (χ2n) is 7.66. The average Bonchev–Trinajstić information content (AvgIpc) is 3.37. The van der Waals surface area contributed by atoms with E-state index in [1.165, 1.54) is 17.3 Å². The van der Waals surface area contributed by atoms with Gasteiger partial charge in [0.2, 0.25) is 0 Å². The van der Waals surface area contributed by atoms with Crippen LogP contribution in [0.5, 0.6) is 0 Å². The number of furan rings is 1. The fraction of sp³-hybridized carbons (Fsp3) is 0.318. The number of hydrogen-bond donors (Lipinski definition) is 0. The monoisotopic (exact) mass is 409 g/mol. The van der Waals surface area contributed by atoms with Crippen molar-refractivity contribution in [3.63, 3.8) is 0 Å². The van der Waals surface area contributed by atoms with Gasteiger partial charge >= 0.3 is 0 Å². The fourth-order valence-corrected chi connectivity index (χ4v) is 4.40. The molecule has 0 saturated heterocycles. The summed E-state index contributed by atoms with van der Waals surface area (Å²) in [6.07, 6.45) is 3.33. The first-order chi connectivity index (χ1) is 13.8. The number of para-hydroxylation sites is 1. The molecule has 1 unspecified atom stereocenters. The molecule has 0 aliphatic carbocycles. The largest absolute Gasteiger partial charge is 0.469 e. The molecule has 2 aromatic heterocycles. The molecule has 3 aromatic rings. The van der Waals surface area contributed by atoms with Gasteiger partial charge in [-0.15, -0.1) is 10.2 Å². The molecule has 150 valence electrons. The number of ketones is 1. The molecule has 0 amide bonds. The number of benzene rings is 1. The Morgan fingerprint density at radius 2 is 2.00 bits per heavy atom. The number of fused-ring (bicyclic) bond motifs is 1. The van der Waals surface area contributed by atoms with Crippen molar-refractivity contribution in [2.45, 2.75) is 43.6 Å². The molecule has 4 rings (SSSR count). The number of aromatic nitrogens is 2. The summed E-state index contributed by atoms with van der Waals surface area (Å²) in [7, 11) is 2.00. The van der Waals surface area contributed by atoms with Crippen LogP contribution < -0.4 is 4.90 Å². The third-order valence-electron chi connectivity index (χ3n) is 5.39. The molecule has 29 heavy (non-hydrogen) atoms. The molecule has 7 heteroatoms. The minimum atomic E-state index is -0.353. The van der Waals surface area contributed by atoms with Crippen molar-refractivity contribution >= 4 is 23.2 Å². The number of aryl methyl sites for hydroxylation is 1. The number of nitrogens with zero attached hydrogens (tertiary/aromatic N) is 3. The maximum atomic E-state index is 12.9. The number of thioether (sulfide) groups is 1. The molecule has 0 N–H and O–H groups in total. The third kappa shape index (κ3) is 3.40. The van der Waals surface area contributed by atoms with E-state index in [0.29, 0.717) is 16.9 Å². The summed E-state index contributed by atoms with van der Waals surface area (Å²) in [5.74, 6) is 1.12. The van der Waals surface area contributed by atoms with Crippen LogP contribution in [-0.2, 0) is 10.2 Å². The zero-order valence-corrected chi connectivity index (χ0v) is 17.9. The van der Waals surface area contributed by atoms with E-state index in [0.717, 1.165) is 16.9 Å². The lowest BCUT2D eigenvalue weighted by Gasteiger charge is -2.24. The van der Waals surface area contributed by atoms with Crippen molar-refractivity contribution in [1.82, 2.24) is 10.2 Å². The Labute approximate surface area is 174 Å². The van der Waals surface area contributed by atoms with Gasteiger partial charge in [-0.1, -0.05) is 43.8 Å². The Morgan fingerprint density at radius 3 is 2.69 bits per heavy atom. The zero-order valence-electron chi connectivity index (χ0n) is 17.1. The zero-order chi connectivity index (χ0) is 20.8. The first-order valence-corrected chi connectivity index (χ1v) is 10.3. The van der Waals surface area contributed by atoms with E-state index in [-0.39, 0.29) is 16.4 Å². The van der Waals surface area contributed by atoms with Crippen LogP contribution in [-0.4, -0.2) is 28.3 Å². The van der Waals surface area contributed by atoms with Crippen molar-refractivity contribution in [3.05, 3.63) is 59.7 Å². The predicted octanol–water partition coefficient (Wildman–Crippen LogP) is 5.00. The molecule has 6 nitrogen and oxygen atoms in total. The highest BCUT2D eigenvalue weighted by Crippen LogP contribution is 2.46. The molecule has 1 atom stereocenters. The van der Waals surface area contributed by atoms with Crippen molar-refractivity contribution in [3.8, 4) is 11.5 Å². The Bertz CT molecular complexity index is 1100. The predicted molar refractivity (Wildman–Crippen MR) is 113 cm³/mol. The molecule has 1 aromatic carbocycles. The number of carbonyl (C=O) groups excluding carboxylic acids is 1. The lowest BCUT2D eigenvalue weighted by atomic mass is 9.83. The second kappa shape index (κ2) is 7.22. The van der Waals surface area contributed by atoms with E-state index in [1.807, 2.05) is 33.0 Å². The van der Waals surface area contributed by atoms with Crippen LogP contribution in [0.25, 0.3) is 11.5 Å². The summed E-state index contributed by atoms with van der Waals surface area (Å²) in [6, 6.07) is 10.0. The molecule has 0 bridgehead atoms. The van der Waals surface area contributed by atoms with E-state index in [9.17, 15) is 4.79 Å². The fourth-order valence-electron chi connectivity index (χ4n) is 3.69. The van der Waals surface area contributed by atoms with Crippen LogP contribution in [0.15, 0.2) is 62.4 Å². The Kier molecular flexibility index (Phi) is 4.86. The van der Waals surface area contributed by atoms with Crippen LogP contribution in [0, 0.1) is 6.92 Å². The maximum absolute atomic E-state index is 12.9. The maximum Gasteiger partial charge on any atom is 0.277 e. The smallest absolute Gasteiger partial charge is 0.277 e. The van der Waals surface area contributed by atoms with Gasteiger partial charge in [-0.3, -0.25) is 4.79 Å². The molecule has 0 fully saturated rings. The molecule has 3 heterocycles. The molecular weight excluding hydrogens is 386 g/mol. The van der Waals surface area contributed by atoms with Gasteiger partial charge in [-0.05, 0) is 31.5 Å². The van der Waals surface area contributed by atoms with Gasteiger partial charge in [0.1, 0.15) is 5.76 Å². The van der Waals surface area contributed by atoms with Crippen LogP contribution in [0.4, 0.5) is 5.69 Å². The lowest BCUT2D eigenvalue weighted by molar-refractivity contribution is -0.114. The van der Waals surface area contributed by atoms with E-state index in [2.05, 4.69) is 41.1 Å². The van der Waals surface area contributed by atoms with Crippen molar-refractivity contribution in [2.75, 3.05) is 11.9 Å². The third-order valence-corrected chi connectivity index (χ3v) is 6.35. The minimum Gasteiger partial charge on any atom is -0.469 e. The minimum absolute atomic E-state index is 0.0111. The van der Waals surface area contributed by atoms with E-state index in [4.69, 9.17) is 8.83 Å². The highest BCUT2D eigenvalue weighted by atomic mass is 32.2. The summed E-state index contributed by atoms with van der Waals surface area (Å²) < 4.78 is 11.0. The molecule has 1 aliphatic heterocycles. The second-order valence-corrected chi connectivity index (χ2v) is 8.95. The molecule has 0 radical (unpaired) electrons. The number of anilines is 1. The Morgan fingerprint density at radius 1 is 1.24 bits per heavy atom. The summed E-state index contributed by atoms with van der Waals surface area (Å²) in [5, 5.41) is 8.14. The number of hydrogen-bond acceptors (Lipinski definition) is 7. The Balaban J connectivity index is 1.52. The van der Waals surface area contributed by atoms with Crippen LogP contribution in [0.3, 0.4) is 0 Å². The van der Waals surface area contributed by atoms with E-state index < -0.39 is 0 Å². The lowest BCUT2D eigenvalue weighted by Crippen LogP contribution is -2.25. The van der Waals surface area contributed by atoms with E-state index in [1.54, 1.807) is 18.4 Å². The van der Waals surface area contributed by atoms with Crippen molar-refractivity contribution in [2.24, 2.45) is 0 Å². The van der Waals surface area contributed by atoms with Gasteiger partial charge in [0.05, 0.1) is 17.1 Å². The van der Waals surface area contributed by atoms with Gasteiger partial charge in [0.25, 0.3) is 11.1 Å². The van der Waals surface area contributed by atoms with Gasteiger partial charge in [-0.25, -0.2) is 0 Å². The van der Waals surface area contributed by atoms with Gasteiger partial charge < -0.3 is 13.7 Å². The van der Waals surface area contributed by atoms with Crippen LogP contribution >= 0.6 is 11.8 Å². The summed E-state index contributed by atoms with van der Waals surface area (Å²) in [5.41, 5.74) is 3.86. The topological polar surface area (TPSA) is 72.4 Å². The SMILES string of the molecule is Cc1occc1-c1nnc(SC(C)C(=O)C=C2N(C)c3ccccc3C2(C)C)o1. The quantitative estimate of drug-likeness (QED) is 0.434. The van der Waals surface area contributed by atoms with Gasteiger partial charge in [0.15, 0.2) is 5.78 Å². The van der Waals surface area contributed by atoms with Crippen molar-refractivity contribution in [1.29, 1.82) is 0 Å². The van der Waals surface area contributed by atoms with Crippen molar-refractivity contribution < 1.29 is 13.6 Å². The van der Waals surface area contributed by atoms with Gasteiger partial charge in [0, 0.05) is 29.9 Å². The summed E-state index contributed by atoms with van der Waals surface area (Å²) in [6.45, 7) is 7.97. The number of rotatable bonds is 5. The molecular formula is C22H23N3O3S. The highest BCUT2D eigenvalue weighted by molar-refractivity contribution is 8.00. The normalized spacial score (nSPS) is 17.6. The van der Waals surface area contributed by atoms with Gasteiger partial charge in [-0.2, -0.15) is 0 Å². The number of carbonyl (C=O) groups is 1. The first-order valence-electron chi connectivity index (χ1n) is 9.43. The molecule has 1 aliphatic rings. The van der Waals surface area contributed by atoms with Crippen LogP contribution in [0.2, 0.25) is 0 Å². The summed E-state index contributed by atoms with van der Waals surface area (Å²) in [4.78, 5) is 15.0. The molecule has 0 saturated carbocycles. The number of likely N-dealkylation sites (N-methyl/N-ethyl adjacent to an activating group) is 1. The Hall–Kier alpha value is -2.80. The summed E-state index contributed by atoms with van der Waals surface area (Å²) >= 11 is 1.26.